The predicted molar refractivity (Wildman–Crippen MR) is 110 cm³/mol. The van der Waals surface area contributed by atoms with Gasteiger partial charge in [0.1, 0.15) is 11.4 Å². The molecule has 0 saturated carbocycles. The molecule has 1 unspecified atom stereocenters. The van der Waals surface area contributed by atoms with Gasteiger partial charge in [0.25, 0.3) is 12.3 Å². The fourth-order valence-corrected chi connectivity index (χ4v) is 3.63. The van der Waals surface area contributed by atoms with Gasteiger partial charge in [0, 0.05) is 18.1 Å². The minimum Gasteiger partial charge on any atom is -0.397 e. The maximum Gasteiger partial charge on any atom is 0.433 e. The number of carbonyl (C=O) groups excluding carboxylic acids is 1. The second-order valence-electron chi connectivity index (χ2n) is 6.46. The van der Waals surface area contributed by atoms with Crippen LogP contribution >= 0.6 is 11.8 Å². The Hall–Kier alpha value is -2.91. The highest BCUT2D eigenvalue weighted by Gasteiger charge is 2.33. The van der Waals surface area contributed by atoms with Crippen LogP contribution in [-0.4, -0.2) is 36.1 Å². The first kappa shape index (κ1) is 24.4. The summed E-state index contributed by atoms with van der Waals surface area (Å²) in [4.78, 5) is 20.4. The van der Waals surface area contributed by atoms with Crippen molar-refractivity contribution in [2.75, 3.05) is 7.05 Å². The first-order valence-corrected chi connectivity index (χ1v) is 9.67. The molecule has 11 heteroatoms. The Bertz CT molecular complexity index is 1020. The summed E-state index contributed by atoms with van der Waals surface area (Å²) in [6.45, 7) is 3.36. The van der Waals surface area contributed by atoms with E-state index in [9.17, 15) is 26.7 Å². The molecule has 0 radical (unpaired) electrons. The summed E-state index contributed by atoms with van der Waals surface area (Å²) in [5, 5.41) is 2.62. The molecule has 3 N–H and O–H groups in total. The van der Waals surface area contributed by atoms with Crippen LogP contribution in [-0.2, 0) is 11.0 Å². The molecule has 0 fully saturated rings. The number of carbonyl (C=O) groups is 1. The number of aromatic nitrogens is 1. The maximum absolute atomic E-state index is 13.0. The average Bonchev–Trinajstić information content (AvgIpc) is 2.70. The summed E-state index contributed by atoms with van der Waals surface area (Å²) in [6, 6.07) is 1.77. The Morgan fingerprint density at radius 3 is 2.65 bits per heavy atom. The summed E-state index contributed by atoms with van der Waals surface area (Å²) in [7, 11) is 1.26. The quantitative estimate of drug-likeness (QED) is 0.379. The molecule has 0 aliphatic carbocycles. The number of rotatable bonds is 6. The van der Waals surface area contributed by atoms with Crippen LogP contribution in [0.3, 0.4) is 0 Å². The standard InChI is InChI=1S/C20H19F5N4OS/c1-10-6-15(11(2)29-19(30)14(27-3)9-13(26)18(21)22)31-16(7-10)12-4-5-28-17(8-12)20(23,24)25/h4-6,8-9,11,18H,26H2,1-3H3,(H,29,30)/b13-9-,27-14?. The minimum absolute atomic E-state index is 0.277. The van der Waals surface area contributed by atoms with Crippen molar-refractivity contribution in [2.45, 2.75) is 32.5 Å². The van der Waals surface area contributed by atoms with Gasteiger partial charge in [-0.25, -0.2) is 8.78 Å². The first-order chi connectivity index (χ1) is 14.4. The first-order valence-electron chi connectivity index (χ1n) is 8.85. The van der Waals surface area contributed by atoms with Gasteiger partial charge < -0.3 is 11.1 Å². The van der Waals surface area contributed by atoms with E-state index in [1.54, 1.807) is 19.9 Å². The Balaban J connectivity index is 2.20. The Morgan fingerprint density at radius 1 is 1.39 bits per heavy atom. The topological polar surface area (TPSA) is 80.4 Å². The van der Waals surface area contributed by atoms with E-state index in [1.165, 1.54) is 13.1 Å². The third-order valence-corrected chi connectivity index (χ3v) is 5.25. The fraction of sp³-hybridized carbons (Fsp3) is 0.300. The van der Waals surface area contributed by atoms with Crippen molar-refractivity contribution >= 4 is 28.3 Å². The van der Waals surface area contributed by atoms with Crippen molar-refractivity contribution in [3.8, 4) is 0 Å². The molecule has 0 bridgehead atoms. The Kier molecular flexibility index (Phi) is 7.80. The summed E-state index contributed by atoms with van der Waals surface area (Å²) in [5.41, 5.74) is 7.00. The second-order valence-corrected chi connectivity index (χ2v) is 7.55. The molecule has 1 amide bonds. The number of hydrogen-bond donors (Lipinski definition) is 2. The SMILES string of the molecule is CN=C(/C=C(\N)C(F)F)C(=O)NC(C)C1=CC(C)=C=C(c2ccnc(C(F)(F)F)c2)S1. The molecular formula is C20H19F5N4OS. The highest BCUT2D eigenvalue weighted by molar-refractivity contribution is 8.11. The van der Waals surface area contributed by atoms with Crippen molar-refractivity contribution in [1.82, 2.24) is 10.3 Å². The zero-order chi connectivity index (χ0) is 23.3. The molecule has 0 saturated heterocycles. The zero-order valence-electron chi connectivity index (χ0n) is 16.7. The monoisotopic (exact) mass is 458 g/mol. The van der Waals surface area contributed by atoms with Crippen LogP contribution in [0, 0.1) is 0 Å². The minimum atomic E-state index is -4.59. The summed E-state index contributed by atoms with van der Waals surface area (Å²) >= 11 is 1.13. The van der Waals surface area contributed by atoms with Crippen LogP contribution in [0.2, 0.25) is 0 Å². The molecule has 2 heterocycles. The van der Waals surface area contributed by atoms with E-state index in [2.05, 4.69) is 21.0 Å². The van der Waals surface area contributed by atoms with Gasteiger partial charge in [0.2, 0.25) is 0 Å². The van der Waals surface area contributed by atoms with Gasteiger partial charge in [0.15, 0.2) is 0 Å². The highest BCUT2D eigenvalue weighted by atomic mass is 32.2. The fourth-order valence-electron chi connectivity index (χ4n) is 2.47. The van der Waals surface area contributed by atoms with Gasteiger partial charge in [0.05, 0.1) is 16.6 Å². The van der Waals surface area contributed by atoms with Crippen LogP contribution in [0.1, 0.15) is 25.1 Å². The van der Waals surface area contributed by atoms with Crippen molar-refractivity contribution in [3.05, 3.63) is 63.6 Å². The highest BCUT2D eigenvalue weighted by Crippen LogP contribution is 2.39. The lowest BCUT2D eigenvalue weighted by Gasteiger charge is -2.21. The Labute approximate surface area is 179 Å². The molecule has 0 spiro atoms. The van der Waals surface area contributed by atoms with Gasteiger partial charge in [-0.15, -0.1) is 5.73 Å². The van der Waals surface area contributed by atoms with Crippen molar-refractivity contribution in [2.24, 2.45) is 10.7 Å². The van der Waals surface area contributed by atoms with E-state index >= 15 is 0 Å². The molecule has 0 aromatic carbocycles. The van der Waals surface area contributed by atoms with Gasteiger partial charge in [-0.2, -0.15) is 13.2 Å². The van der Waals surface area contributed by atoms with E-state index in [1.807, 2.05) is 0 Å². The number of hydrogen-bond acceptors (Lipinski definition) is 5. The summed E-state index contributed by atoms with van der Waals surface area (Å²) < 4.78 is 64.1. The number of halogens is 5. The largest absolute Gasteiger partial charge is 0.433 e. The molecule has 1 aliphatic rings. The summed E-state index contributed by atoms with van der Waals surface area (Å²) in [5.74, 6) is -0.721. The van der Waals surface area contributed by atoms with Gasteiger partial charge in [-0.3, -0.25) is 14.8 Å². The van der Waals surface area contributed by atoms with Gasteiger partial charge >= 0.3 is 6.18 Å². The number of amides is 1. The third-order valence-electron chi connectivity index (χ3n) is 4.01. The van der Waals surface area contributed by atoms with Crippen molar-refractivity contribution in [3.63, 3.8) is 0 Å². The zero-order valence-corrected chi connectivity index (χ0v) is 17.5. The average molecular weight is 458 g/mol. The predicted octanol–water partition coefficient (Wildman–Crippen LogP) is 4.30. The van der Waals surface area contributed by atoms with Gasteiger partial charge in [-0.1, -0.05) is 11.8 Å². The molecule has 2 rings (SSSR count). The van der Waals surface area contributed by atoms with Crippen LogP contribution < -0.4 is 11.1 Å². The lowest BCUT2D eigenvalue weighted by atomic mass is 10.1. The number of allylic oxidation sites excluding steroid dienone is 3. The molecule has 1 aliphatic heterocycles. The van der Waals surface area contributed by atoms with Crippen LogP contribution in [0.25, 0.3) is 4.91 Å². The van der Waals surface area contributed by atoms with E-state index < -0.39 is 35.9 Å². The number of nitrogens with zero attached hydrogens (tertiary/aromatic N) is 2. The van der Waals surface area contributed by atoms with Crippen LogP contribution in [0.4, 0.5) is 22.0 Å². The number of alkyl halides is 5. The number of nitrogens with one attached hydrogen (secondary N) is 1. The normalized spacial score (nSPS) is 16.5. The summed E-state index contributed by atoms with van der Waals surface area (Å²) in [6.07, 6.45) is -3.94. The van der Waals surface area contributed by atoms with E-state index in [0.29, 0.717) is 15.4 Å². The molecule has 166 valence electrons. The van der Waals surface area contributed by atoms with Crippen molar-refractivity contribution in [1.29, 1.82) is 0 Å². The molecule has 1 aromatic rings. The lowest BCUT2D eigenvalue weighted by molar-refractivity contribution is -0.141. The number of thioether (sulfide) groups is 1. The van der Waals surface area contributed by atoms with Gasteiger partial charge in [-0.05, 0) is 49.3 Å². The smallest absolute Gasteiger partial charge is 0.397 e. The lowest BCUT2D eigenvalue weighted by Crippen LogP contribution is -2.38. The Morgan fingerprint density at radius 2 is 2.06 bits per heavy atom. The molecule has 1 atom stereocenters. The van der Waals surface area contributed by atoms with Crippen molar-refractivity contribution < 1.29 is 26.7 Å². The van der Waals surface area contributed by atoms with Crippen LogP contribution in [0.5, 0.6) is 0 Å². The molecule has 5 nitrogen and oxygen atoms in total. The number of pyridine rings is 1. The second kappa shape index (κ2) is 9.93. The third kappa shape index (κ3) is 6.53. The number of aliphatic imine (C=N–C) groups is 1. The molecular weight excluding hydrogens is 439 g/mol. The number of nitrogens with two attached hydrogens (primary N) is 1. The van der Waals surface area contributed by atoms with E-state index in [4.69, 9.17) is 5.73 Å². The maximum atomic E-state index is 13.0. The molecule has 1 aromatic heterocycles. The van der Waals surface area contributed by atoms with Crippen LogP contribution in [0.15, 0.2) is 57.4 Å². The van der Waals surface area contributed by atoms with E-state index in [-0.39, 0.29) is 11.3 Å². The molecule has 31 heavy (non-hydrogen) atoms. The van der Waals surface area contributed by atoms with E-state index in [0.717, 1.165) is 30.1 Å².